The molecule has 6 amide bonds. The van der Waals surface area contributed by atoms with Crippen molar-refractivity contribution in [3.63, 3.8) is 0 Å². The molecule has 3 heterocycles. The van der Waals surface area contributed by atoms with E-state index in [1.807, 2.05) is 10.6 Å². The number of nitrogens with one attached hydrogen (secondary N) is 6. The lowest BCUT2D eigenvalue weighted by atomic mass is 10.2. The number of aromatic nitrogens is 2. The first-order valence-electron chi connectivity index (χ1n) is 19.3. The predicted octanol–water partition coefficient (Wildman–Crippen LogP) is 6.58. The van der Waals surface area contributed by atoms with E-state index in [9.17, 15) is 64.7 Å². The summed E-state index contributed by atoms with van der Waals surface area (Å²) in [5.74, 6) is -5.21. The zero-order valence-corrected chi connectivity index (χ0v) is 40.4. The maximum Gasteiger partial charge on any atom is 0.435 e. The average Bonchev–Trinajstić information content (AvgIpc) is 3.96. The van der Waals surface area contributed by atoms with Crippen molar-refractivity contribution in [3.8, 4) is 0 Å². The second-order valence-corrected chi connectivity index (χ2v) is 19.3. The maximum atomic E-state index is 13.5. The molecule has 0 radical (unpaired) electrons. The van der Waals surface area contributed by atoms with Gasteiger partial charge in [-0.3, -0.25) is 25.0 Å². The fourth-order valence-electron chi connectivity index (χ4n) is 4.53. The Hall–Kier alpha value is -6.30. The smallest absolute Gasteiger partial charge is 0.435 e. The summed E-state index contributed by atoms with van der Waals surface area (Å²) in [6.45, 7) is 13.1. The number of amides is 6. The van der Waals surface area contributed by atoms with Gasteiger partial charge in [0.15, 0.2) is 21.7 Å². The van der Waals surface area contributed by atoms with E-state index in [2.05, 4.69) is 40.7 Å². The van der Waals surface area contributed by atoms with Crippen LogP contribution in [0.4, 0.5) is 51.0 Å². The molecule has 21 nitrogen and oxygen atoms in total. The van der Waals surface area contributed by atoms with E-state index >= 15 is 0 Å². The Morgan fingerprint density at radius 3 is 1.26 bits per heavy atom. The van der Waals surface area contributed by atoms with E-state index in [4.69, 9.17) is 14.2 Å². The summed E-state index contributed by atoms with van der Waals surface area (Å²) in [4.78, 5) is 102. The Morgan fingerprint density at radius 1 is 0.574 bits per heavy atom. The molecule has 0 saturated carbocycles. The first-order valence-corrected chi connectivity index (χ1v) is 21.8. The number of rotatable bonds is 13. The number of ether oxygens (including phenoxy) is 5. The molecule has 3 rings (SSSR count). The molecule has 0 aliphatic carbocycles. The third-order valence-electron chi connectivity index (χ3n) is 7.06. The largest absolute Gasteiger partial charge is 0.467 e. The quantitative estimate of drug-likeness (QED) is 0.0599. The van der Waals surface area contributed by atoms with Crippen LogP contribution in [0.15, 0.2) is 17.5 Å². The summed E-state index contributed by atoms with van der Waals surface area (Å²) in [6.07, 6.45) is -13.1. The van der Waals surface area contributed by atoms with Crippen LogP contribution in [0.25, 0.3) is 0 Å². The van der Waals surface area contributed by atoms with Gasteiger partial charge < -0.3 is 45.0 Å². The number of carbonyl (C=O) groups excluding carboxylic acids is 8. The standard InChI is InChI=1S/C19H27F3N4O7S.C19H21F3N4O6S2/c1-17(2,3)32-15(29)23-8-9(13(28)31-7)24-12(27)10-11(19(20,21)22)25-14(34-10)26-16(30)33-18(4,5)6;1-18(2,3)32-17(30)26-16-25-12(19(20,21)22)11(34-16)14(28)24-9(15(29)31-4)8-23-13(27)10-6-5-7-33-10/h9H,8H2,1-7H3,(H,23,29)(H,24,27)(H,25,26,30);5-7,9H,8H2,1-4H3,(H,23,27)(H,24,28)(H,25,26,30)/t2*9-/m00/s1. The number of halogens is 6. The van der Waals surface area contributed by atoms with Crippen molar-refractivity contribution in [2.45, 2.75) is 104 Å². The number of thiazole rings is 2. The van der Waals surface area contributed by atoms with Crippen molar-refractivity contribution in [3.05, 3.63) is 43.5 Å². The van der Waals surface area contributed by atoms with Gasteiger partial charge in [0, 0.05) is 6.54 Å². The third kappa shape index (κ3) is 19.9. The van der Waals surface area contributed by atoms with Crippen LogP contribution in [0.2, 0.25) is 0 Å². The van der Waals surface area contributed by atoms with Gasteiger partial charge in [0.2, 0.25) is 0 Å². The summed E-state index contributed by atoms with van der Waals surface area (Å²) >= 11 is 1.59. The van der Waals surface area contributed by atoms with Gasteiger partial charge in [0.25, 0.3) is 17.7 Å². The fourth-order valence-corrected chi connectivity index (χ4v) is 6.92. The van der Waals surface area contributed by atoms with Crippen molar-refractivity contribution in [2.75, 3.05) is 37.9 Å². The SMILES string of the molecule is COC(=O)[C@H](CNC(=O)OC(C)(C)C)NC(=O)c1sc(NC(=O)OC(C)(C)C)nc1C(F)(F)F.COC(=O)[C@H](CNC(=O)c1cccs1)NC(=O)c1sc(NC(=O)OC(C)(C)C)nc1C(F)(F)F. The monoisotopic (exact) mass is 1030 g/mol. The maximum absolute atomic E-state index is 13.5. The normalized spacial score (nSPS) is 12.7. The minimum absolute atomic E-state index is 0.223. The number of hydrogen-bond acceptors (Lipinski definition) is 18. The van der Waals surface area contributed by atoms with Crippen LogP contribution in [0.5, 0.6) is 0 Å². The molecule has 0 aliphatic heterocycles. The summed E-state index contributed by atoms with van der Waals surface area (Å²) < 4.78 is 105. The van der Waals surface area contributed by atoms with Crippen molar-refractivity contribution >= 4 is 92.2 Å². The molecule has 30 heteroatoms. The van der Waals surface area contributed by atoms with Crippen LogP contribution >= 0.6 is 34.0 Å². The zero-order valence-electron chi connectivity index (χ0n) is 38.0. The Kier molecular flexibility index (Phi) is 20.1. The van der Waals surface area contributed by atoms with Gasteiger partial charge in [-0.15, -0.1) is 11.3 Å². The highest BCUT2D eigenvalue weighted by Crippen LogP contribution is 2.37. The predicted molar refractivity (Wildman–Crippen MR) is 231 cm³/mol. The van der Waals surface area contributed by atoms with Gasteiger partial charge in [0.1, 0.15) is 38.6 Å². The number of alkyl carbamates (subject to hydrolysis) is 1. The molecule has 68 heavy (non-hydrogen) atoms. The highest BCUT2D eigenvalue weighted by atomic mass is 32.1. The number of hydrogen-bond donors (Lipinski definition) is 6. The van der Waals surface area contributed by atoms with E-state index in [1.165, 1.54) is 6.07 Å². The topological polar surface area (TPSA) is 281 Å². The molecule has 0 bridgehead atoms. The molecule has 0 aromatic carbocycles. The first-order chi connectivity index (χ1) is 31.0. The lowest BCUT2D eigenvalue weighted by Gasteiger charge is -2.21. The van der Waals surface area contributed by atoms with E-state index in [-0.39, 0.29) is 22.7 Å². The van der Waals surface area contributed by atoms with Crippen molar-refractivity contribution in [2.24, 2.45) is 0 Å². The molecular weight excluding hydrogens is 987 g/mol. The second kappa shape index (κ2) is 23.6. The van der Waals surface area contributed by atoms with Gasteiger partial charge in [-0.1, -0.05) is 28.7 Å². The summed E-state index contributed by atoms with van der Waals surface area (Å²) in [7, 11) is 2.00. The highest BCUT2D eigenvalue weighted by Gasteiger charge is 2.42. The molecule has 6 N–H and O–H groups in total. The number of methoxy groups -OCH3 is 2. The first kappa shape index (κ1) is 57.8. The van der Waals surface area contributed by atoms with Gasteiger partial charge in [-0.2, -0.15) is 26.3 Å². The molecule has 378 valence electrons. The van der Waals surface area contributed by atoms with Gasteiger partial charge in [-0.25, -0.2) is 33.9 Å². The van der Waals surface area contributed by atoms with Crippen LogP contribution in [0.1, 0.15) is 103 Å². The molecule has 0 saturated heterocycles. The zero-order chi connectivity index (χ0) is 52.2. The Balaban J connectivity index is 0.000000467. The van der Waals surface area contributed by atoms with Crippen LogP contribution in [-0.4, -0.2) is 114 Å². The Labute approximate surface area is 395 Å². The highest BCUT2D eigenvalue weighted by molar-refractivity contribution is 7.18. The van der Waals surface area contributed by atoms with Crippen LogP contribution in [0.3, 0.4) is 0 Å². The molecule has 0 aliphatic rings. The van der Waals surface area contributed by atoms with Crippen molar-refractivity contribution < 1.29 is 88.4 Å². The van der Waals surface area contributed by atoms with Gasteiger partial charge in [0.05, 0.1) is 25.6 Å². The van der Waals surface area contributed by atoms with Crippen LogP contribution < -0.4 is 31.9 Å². The Morgan fingerprint density at radius 2 is 0.941 bits per heavy atom. The minimum atomic E-state index is -5.05. The summed E-state index contributed by atoms with van der Waals surface area (Å²) in [6, 6.07) is 0.116. The molecule has 2 atom stereocenters. The van der Waals surface area contributed by atoms with E-state index in [0.29, 0.717) is 4.88 Å². The number of anilines is 2. The average molecular weight is 1040 g/mol. The third-order valence-corrected chi connectivity index (χ3v) is 9.87. The Bertz CT molecular complexity index is 2280. The molecular formula is C38H48F6N8O13S3. The molecule has 3 aromatic rings. The summed E-state index contributed by atoms with van der Waals surface area (Å²) in [5, 5.41) is 13.4. The van der Waals surface area contributed by atoms with Crippen LogP contribution in [-0.2, 0) is 45.6 Å². The van der Waals surface area contributed by atoms with E-state index < -0.39 is 134 Å². The molecule has 0 unspecified atom stereocenters. The summed E-state index contributed by atoms with van der Waals surface area (Å²) in [5.41, 5.74) is -5.84. The van der Waals surface area contributed by atoms with Crippen LogP contribution in [0, 0.1) is 0 Å². The van der Waals surface area contributed by atoms with Crippen molar-refractivity contribution in [1.29, 1.82) is 0 Å². The van der Waals surface area contributed by atoms with E-state index in [0.717, 1.165) is 25.6 Å². The molecule has 0 spiro atoms. The minimum Gasteiger partial charge on any atom is -0.467 e. The second-order valence-electron chi connectivity index (χ2n) is 16.3. The fraction of sp³-hybridized carbons (Fsp3) is 0.526. The van der Waals surface area contributed by atoms with Gasteiger partial charge >= 0.3 is 42.6 Å². The number of nitrogens with zero attached hydrogens (tertiary/aromatic N) is 2. The number of thiophene rings is 1. The van der Waals surface area contributed by atoms with Gasteiger partial charge in [-0.05, 0) is 73.8 Å². The van der Waals surface area contributed by atoms with Crippen molar-refractivity contribution in [1.82, 2.24) is 31.2 Å². The lowest BCUT2D eigenvalue weighted by Crippen LogP contribution is -2.49. The number of esters is 2. The molecule has 0 fully saturated rings. The number of carbonyl (C=O) groups is 8. The number of alkyl halides is 6. The molecule has 3 aromatic heterocycles. The lowest BCUT2D eigenvalue weighted by molar-refractivity contribution is -0.143. The van der Waals surface area contributed by atoms with E-state index in [1.54, 1.807) is 73.8 Å².